The topological polar surface area (TPSA) is 9.86 Å². The summed E-state index contributed by atoms with van der Waals surface area (Å²) in [5.41, 5.74) is 19.4. The van der Waals surface area contributed by atoms with Gasteiger partial charge in [0.05, 0.1) is 0 Å². The molecule has 0 spiro atoms. The van der Waals surface area contributed by atoms with Crippen molar-refractivity contribution in [2.75, 3.05) is 0 Å². The van der Waals surface area contributed by atoms with Gasteiger partial charge in [-0.1, -0.05) is 157 Å². The number of fused-ring (bicyclic) bond motifs is 6. The highest BCUT2D eigenvalue weighted by Crippen LogP contribution is 2.30. The van der Waals surface area contributed by atoms with Crippen LogP contribution in [0.15, 0.2) is 140 Å². The van der Waals surface area contributed by atoms with Gasteiger partial charge in [-0.15, -0.1) is 0 Å². The Morgan fingerprint density at radius 3 is 1.05 bits per heavy atom. The third kappa shape index (κ3) is 9.09. The second-order valence-electron chi connectivity index (χ2n) is 15.8. The zero-order valence-corrected chi connectivity index (χ0v) is 35.0. The standard InChI is InChI=1S/C26H26.C15H15N.C14H13N.CH4/c1-19-5-9-23(10-6-19)13-15-25-17-22(4)26(18-21(25)3)16-14-24-11-7-20(2)8-12-24;1-10-4-6-14-12(8-10)13-9-11(2)5-7-15(13)16(14)3;1-10-7-8-14-12(9-10)11-5-3-4-6-13(11)15(14)2;/h5-18H,1-4H3;4-9H,1-3H3;3-9H,1-2H3;1H4/b15-13+,16-14+;;;. The largest absolute Gasteiger partial charge is 0.344 e. The number of hydrogen-bond acceptors (Lipinski definition) is 0. The Morgan fingerprint density at radius 2 is 0.655 bits per heavy atom. The molecule has 0 saturated carbocycles. The van der Waals surface area contributed by atoms with E-state index in [-0.39, 0.29) is 7.43 Å². The van der Waals surface area contributed by atoms with Gasteiger partial charge < -0.3 is 9.13 Å². The summed E-state index contributed by atoms with van der Waals surface area (Å²) in [5.74, 6) is 0. The van der Waals surface area contributed by atoms with Gasteiger partial charge >= 0.3 is 0 Å². The van der Waals surface area contributed by atoms with Gasteiger partial charge in [-0.2, -0.15) is 0 Å². The molecule has 0 aliphatic rings. The molecule has 58 heavy (non-hydrogen) atoms. The molecule has 0 amide bonds. The molecular weight excluding hydrogens is 701 g/mol. The summed E-state index contributed by atoms with van der Waals surface area (Å²) < 4.78 is 4.52. The predicted molar refractivity (Wildman–Crippen MR) is 258 cm³/mol. The summed E-state index contributed by atoms with van der Waals surface area (Å²) in [7, 11) is 4.26. The van der Waals surface area contributed by atoms with E-state index in [2.05, 4.69) is 236 Å². The lowest BCUT2D eigenvalue weighted by Gasteiger charge is -2.07. The molecule has 0 N–H and O–H groups in total. The molecule has 0 unspecified atom stereocenters. The predicted octanol–water partition coefficient (Wildman–Crippen LogP) is 15.5. The molecule has 7 aromatic carbocycles. The lowest BCUT2D eigenvalue weighted by molar-refractivity contribution is 1.01. The molecule has 2 heterocycles. The third-order valence-electron chi connectivity index (χ3n) is 11.1. The van der Waals surface area contributed by atoms with E-state index in [0.29, 0.717) is 0 Å². The Balaban J connectivity index is 0.000000153. The molecule has 2 aromatic heterocycles. The minimum absolute atomic E-state index is 0. The lowest BCUT2D eigenvalue weighted by Crippen LogP contribution is -1.88. The molecule has 9 rings (SSSR count). The number of nitrogens with zero attached hydrogens (tertiary/aromatic N) is 2. The van der Waals surface area contributed by atoms with Crippen LogP contribution in [0, 0.1) is 48.5 Å². The van der Waals surface area contributed by atoms with E-state index < -0.39 is 0 Å². The van der Waals surface area contributed by atoms with Gasteiger partial charge in [-0.25, -0.2) is 0 Å². The van der Waals surface area contributed by atoms with Crippen molar-refractivity contribution in [3.05, 3.63) is 201 Å². The first-order valence-electron chi connectivity index (χ1n) is 19.9. The fourth-order valence-corrected chi connectivity index (χ4v) is 7.67. The van der Waals surface area contributed by atoms with Crippen LogP contribution in [-0.4, -0.2) is 9.13 Å². The number of aryl methyl sites for hydroxylation is 9. The van der Waals surface area contributed by atoms with Gasteiger partial charge in [0.25, 0.3) is 0 Å². The summed E-state index contributed by atoms with van der Waals surface area (Å²) in [4.78, 5) is 0. The van der Waals surface area contributed by atoms with E-state index in [1.165, 1.54) is 105 Å². The first kappa shape index (κ1) is 41.3. The van der Waals surface area contributed by atoms with Gasteiger partial charge in [0.1, 0.15) is 0 Å². The Labute approximate surface area is 346 Å². The second-order valence-corrected chi connectivity index (χ2v) is 15.8. The molecule has 292 valence electrons. The van der Waals surface area contributed by atoms with Gasteiger partial charge in [0.2, 0.25) is 0 Å². The highest BCUT2D eigenvalue weighted by atomic mass is 14.9. The van der Waals surface area contributed by atoms with Gasteiger partial charge in [-0.3, -0.25) is 0 Å². The van der Waals surface area contributed by atoms with E-state index in [9.17, 15) is 0 Å². The van der Waals surface area contributed by atoms with E-state index >= 15 is 0 Å². The highest BCUT2D eigenvalue weighted by Gasteiger charge is 2.08. The number of aromatic nitrogens is 2. The fraction of sp³-hybridized carbons (Fsp3) is 0.179. The zero-order valence-electron chi connectivity index (χ0n) is 35.0. The van der Waals surface area contributed by atoms with Crippen LogP contribution in [0.1, 0.15) is 68.6 Å². The molecule has 2 nitrogen and oxygen atoms in total. The van der Waals surface area contributed by atoms with Gasteiger partial charge in [0.15, 0.2) is 0 Å². The van der Waals surface area contributed by atoms with E-state index in [4.69, 9.17) is 0 Å². The molecule has 0 aliphatic heterocycles. The lowest BCUT2D eigenvalue weighted by atomic mass is 9.98. The number of benzene rings is 7. The highest BCUT2D eigenvalue weighted by molar-refractivity contribution is 6.09. The molecule has 9 aromatic rings. The van der Waals surface area contributed by atoms with Crippen molar-refractivity contribution in [1.29, 1.82) is 0 Å². The SMILES string of the molecule is C.Cc1ccc(/C=C/c2cc(C)c(/C=C/c3ccc(C)cc3)cc2C)cc1.Cc1ccc2c(c1)c1cc(C)ccc1n2C.Cc1ccc2c(c1)c1ccccc1n2C. The van der Waals surface area contributed by atoms with Crippen molar-refractivity contribution in [2.24, 2.45) is 14.1 Å². The fourth-order valence-electron chi connectivity index (χ4n) is 7.67. The van der Waals surface area contributed by atoms with E-state index in [1.54, 1.807) is 0 Å². The first-order valence-corrected chi connectivity index (χ1v) is 19.9. The number of rotatable bonds is 4. The minimum Gasteiger partial charge on any atom is -0.344 e. The van der Waals surface area contributed by atoms with Crippen molar-refractivity contribution < 1.29 is 0 Å². The monoisotopic (exact) mass is 758 g/mol. The summed E-state index contributed by atoms with van der Waals surface area (Å²) in [6.07, 6.45) is 8.78. The number of hydrogen-bond donors (Lipinski definition) is 0. The Kier molecular flexibility index (Phi) is 12.7. The smallest absolute Gasteiger partial charge is 0.0488 e. The van der Waals surface area contributed by atoms with Crippen LogP contribution in [0.25, 0.3) is 67.9 Å². The van der Waals surface area contributed by atoms with Crippen LogP contribution in [0.3, 0.4) is 0 Å². The van der Waals surface area contributed by atoms with Gasteiger partial charge in [0, 0.05) is 57.7 Å². The molecule has 0 fully saturated rings. The molecular formula is C56H58N2. The van der Waals surface area contributed by atoms with Crippen molar-refractivity contribution in [3.8, 4) is 0 Å². The van der Waals surface area contributed by atoms with Crippen LogP contribution in [-0.2, 0) is 14.1 Å². The van der Waals surface area contributed by atoms with Crippen LogP contribution in [0.4, 0.5) is 0 Å². The zero-order chi connectivity index (χ0) is 40.2. The van der Waals surface area contributed by atoms with E-state index in [0.717, 1.165) is 0 Å². The van der Waals surface area contributed by atoms with Crippen LogP contribution in [0.5, 0.6) is 0 Å². The Bertz CT molecular complexity index is 2770. The van der Waals surface area contributed by atoms with Crippen molar-refractivity contribution in [3.63, 3.8) is 0 Å². The van der Waals surface area contributed by atoms with Crippen LogP contribution in [0.2, 0.25) is 0 Å². The second kappa shape index (κ2) is 17.8. The van der Waals surface area contributed by atoms with Crippen LogP contribution < -0.4 is 0 Å². The Hall–Kier alpha value is -6.38. The molecule has 0 aliphatic carbocycles. The summed E-state index contributed by atoms with van der Waals surface area (Å²) in [5, 5.41) is 5.43. The van der Waals surface area contributed by atoms with Crippen molar-refractivity contribution in [2.45, 2.75) is 55.9 Å². The summed E-state index contributed by atoms with van der Waals surface area (Å²) in [6.45, 7) is 15.0. The van der Waals surface area contributed by atoms with Crippen molar-refractivity contribution >= 4 is 67.9 Å². The average molecular weight is 759 g/mol. The summed E-state index contributed by atoms with van der Waals surface area (Å²) >= 11 is 0. The molecule has 0 atom stereocenters. The van der Waals surface area contributed by atoms with E-state index in [1.807, 2.05) is 0 Å². The third-order valence-corrected chi connectivity index (χ3v) is 11.1. The van der Waals surface area contributed by atoms with Crippen molar-refractivity contribution in [1.82, 2.24) is 9.13 Å². The molecule has 0 saturated heterocycles. The first-order chi connectivity index (χ1) is 27.4. The number of para-hydroxylation sites is 1. The Morgan fingerprint density at radius 1 is 0.328 bits per heavy atom. The quantitative estimate of drug-likeness (QED) is 0.158. The maximum Gasteiger partial charge on any atom is 0.0488 e. The van der Waals surface area contributed by atoms with Gasteiger partial charge in [-0.05, 0) is 124 Å². The maximum atomic E-state index is 2.27. The minimum atomic E-state index is 0. The molecule has 0 bridgehead atoms. The summed E-state index contributed by atoms with van der Waals surface area (Å²) in [6, 6.07) is 50.3. The maximum absolute atomic E-state index is 2.27. The normalized spacial score (nSPS) is 11.3. The van der Waals surface area contributed by atoms with Crippen LogP contribution >= 0.6 is 0 Å². The molecule has 2 heteroatoms. The molecule has 0 radical (unpaired) electrons. The average Bonchev–Trinajstić information content (AvgIpc) is 3.64.